The maximum absolute atomic E-state index is 12.5. The van der Waals surface area contributed by atoms with Crippen molar-refractivity contribution < 1.29 is 18.3 Å². The van der Waals surface area contributed by atoms with Gasteiger partial charge in [0.2, 0.25) is 0 Å². The van der Waals surface area contributed by atoms with E-state index in [9.17, 15) is 8.78 Å². The van der Waals surface area contributed by atoms with Crippen LogP contribution in [0.4, 0.5) is 8.78 Å². The molecule has 0 aliphatic rings. The van der Waals surface area contributed by atoms with Crippen molar-refractivity contribution in [3.63, 3.8) is 0 Å². The van der Waals surface area contributed by atoms with Gasteiger partial charge in [0.25, 0.3) is 10.3 Å². The average Bonchev–Trinajstić information content (AvgIpc) is 2.59. The number of rotatable bonds is 2. The van der Waals surface area contributed by atoms with Crippen LogP contribution < -0.4 is 9.47 Å². The summed E-state index contributed by atoms with van der Waals surface area (Å²) in [4.78, 5) is 3.33. The summed E-state index contributed by atoms with van der Waals surface area (Å²) in [5.74, 6) is 0.506. The zero-order valence-corrected chi connectivity index (χ0v) is 16.5. The van der Waals surface area contributed by atoms with E-state index in [1.54, 1.807) is 38.0 Å². The molecule has 2 aromatic rings. The minimum Gasteiger partial charge on any atom is -0.432 e. The Labute approximate surface area is 162 Å². The zero-order valence-electron chi connectivity index (χ0n) is 14.9. The van der Waals surface area contributed by atoms with Gasteiger partial charge in [-0.05, 0) is 73.0 Å². The predicted octanol–water partition coefficient (Wildman–Crippen LogP) is 4.10. The average molecular weight is 399 g/mol. The van der Waals surface area contributed by atoms with Gasteiger partial charge in [0.15, 0.2) is 0 Å². The van der Waals surface area contributed by atoms with Crippen molar-refractivity contribution in [3.8, 4) is 11.5 Å². The summed E-state index contributed by atoms with van der Waals surface area (Å²) in [5, 5.41) is 0.707. The summed E-state index contributed by atoms with van der Waals surface area (Å²) in [7, 11) is 7.13. The van der Waals surface area contributed by atoms with Gasteiger partial charge < -0.3 is 19.3 Å². The molecule has 0 atom stereocenters. The molecule has 0 saturated heterocycles. The molecule has 0 bridgehead atoms. The maximum Gasteiger partial charge on any atom is 0.264 e. The normalized spacial score (nSPS) is 9.46. The lowest BCUT2D eigenvalue weighted by molar-refractivity contribution is 0.448. The number of benzene rings is 2. The van der Waals surface area contributed by atoms with Gasteiger partial charge in [-0.2, -0.15) is 0 Å². The topological polar surface area (TPSA) is 24.9 Å². The molecule has 2 rings (SSSR count). The van der Waals surface area contributed by atoms with E-state index < -0.39 is 0 Å². The van der Waals surface area contributed by atoms with Crippen LogP contribution in [0.5, 0.6) is 11.5 Å². The molecule has 0 fully saturated rings. The van der Waals surface area contributed by atoms with Gasteiger partial charge in [0.05, 0.1) is 0 Å². The summed E-state index contributed by atoms with van der Waals surface area (Å²) in [5.41, 5.74) is 0. The van der Waals surface area contributed by atoms with E-state index in [1.165, 1.54) is 48.5 Å². The van der Waals surface area contributed by atoms with Crippen molar-refractivity contribution >= 4 is 34.8 Å². The monoisotopic (exact) mass is 398 g/mol. The van der Waals surface area contributed by atoms with Crippen molar-refractivity contribution in [2.24, 2.45) is 0 Å². The van der Waals surface area contributed by atoms with Gasteiger partial charge >= 0.3 is 0 Å². The Morgan fingerprint density at radius 2 is 0.923 bits per heavy atom. The highest BCUT2D eigenvalue weighted by Crippen LogP contribution is 2.12. The number of hydrogen-bond donors (Lipinski definition) is 0. The zero-order chi connectivity index (χ0) is 19.7. The van der Waals surface area contributed by atoms with Gasteiger partial charge in [-0.3, -0.25) is 0 Å². The number of nitrogens with zero attached hydrogens (tertiary/aromatic N) is 2. The fourth-order valence-electron chi connectivity index (χ4n) is 1.39. The highest BCUT2D eigenvalue weighted by molar-refractivity contribution is 7.80. The predicted molar refractivity (Wildman–Crippen MR) is 107 cm³/mol. The summed E-state index contributed by atoms with van der Waals surface area (Å²) in [6, 6.07) is 11.4. The summed E-state index contributed by atoms with van der Waals surface area (Å²) in [6.45, 7) is 0. The lowest BCUT2D eigenvalue weighted by atomic mass is 10.3. The minimum atomic E-state index is -0.289. The van der Waals surface area contributed by atoms with Crippen LogP contribution in [-0.2, 0) is 0 Å². The third kappa shape index (κ3) is 8.17. The van der Waals surface area contributed by atoms with E-state index in [1.807, 2.05) is 0 Å². The Hall–Kier alpha value is -2.32. The van der Waals surface area contributed by atoms with Crippen molar-refractivity contribution in [3.05, 3.63) is 60.2 Å². The number of hydrogen-bond acceptors (Lipinski definition) is 4. The van der Waals surface area contributed by atoms with Crippen LogP contribution >= 0.6 is 24.4 Å². The van der Waals surface area contributed by atoms with Gasteiger partial charge in [-0.1, -0.05) is 0 Å². The van der Waals surface area contributed by atoms with E-state index in [0.717, 1.165) is 0 Å². The quantitative estimate of drug-likeness (QED) is 0.707. The Morgan fingerprint density at radius 1 is 0.654 bits per heavy atom. The molecule has 0 N–H and O–H groups in total. The first-order valence-corrected chi connectivity index (χ1v) is 8.30. The molecule has 8 heteroatoms. The fourth-order valence-corrected chi connectivity index (χ4v) is 1.58. The molecule has 0 unspecified atom stereocenters. The molecule has 26 heavy (non-hydrogen) atoms. The molecular weight excluding hydrogens is 378 g/mol. The number of ether oxygens (including phenoxy) is 2. The largest absolute Gasteiger partial charge is 0.432 e. The van der Waals surface area contributed by atoms with Crippen molar-refractivity contribution in [1.82, 2.24) is 9.80 Å². The lowest BCUT2D eigenvalue weighted by Crippen LogP contribution is -2.24. The SMILES string of the molecule is CN(C)C(=S)Oc1ccc(F)cc1.CN(C)C(=S)Oc1ccc(F)cc1. The first-order valence-electron chi connectivity index (χ1n) is 7.48. The van der Waals surface area contributed by atoms with Crippen molar-refractivity contribution in [1.29, 1.82) is 0 Å². The van der Waals surface area contributed by atoms with E-state index in [-0.39, 0.29) is 11.6 Å². The van der Waals surface area contributed by atoms with E-state index >= 15 is 0 Å². The molecule has 140 valence electrons. The van der Waals surface area contributed by atoms with Crippen LogP contribution in [0.3, 0.4) is 0 Å². The maximum atomic E-state index is 12.5. The second kappa shape index (κ2) is 10.6. The van der Waals surface area contributed by atoms with Crippen LogP contribution in [0.1, 0.15) is 0 Å². The van der Waals surface area contributed by atoms with Crippen molar-refractivity contribution in [2.45, 2.75) is 0 Å². The van der Waals surface area contributed by atoms with Crippen LogP contribution in [0.25, 0.3) is 0 Å². The lowest BCUT2D eigenvalue weighted by Gasteiger charge is -2.13. The Bertz CT molecular complexity index is 657. The van der Waals surface area contributed by atoms with Gasteiger partial charge in [0, 0.05) is 28.2 Å². The van der Waals surface area contributed by atoms with E-state index in [2.05, 4.69) is 0 Å². The van der Waals surface area contributed by atoms with E-state index in [0.29, 0.717) is 21.8 Å². The third-order valence-corrected chi connectivity index (χ3v) is 3.66. The first-order chi connectivity index (χ1) is 12.2. The fraction of sp³-hybridized carbons (Fsp3) is 0.222. The third-order valence-electron chi connectivity index (χ3n) is 2.77. The van der Waals surface area contributed by atoms with Crippen LogP contribution in [-0.4, -0.2) is 48.3 Å². The highest BCUT2D eigenvalue weighted by Gasteiger charge is 2.02. The molecule has 0 radical (unpaired) electrons. The summed E-state index contributed by atoms with van der Waals surface area (Å²) >= 11 is 9.81. The standard InChI is InChI=1S/2C9H10FNOS/c2*1-11(2)9(13)12-8-5-3-7(10)4-6-8/h2*3-6H,1-2H3. The Kier molecular flexibility index (Phi) is 8.87. The molecule has 0 spiro atoms. The molecule has 0 aliphatic heterocycles. The van der Waals surface area contributed by atoms with E-state index in [4.69, 9.17) is 33.9 Å². The molecular formula is C18H20F2N2O2S2. The summed E-state index contributed by atoms with van der Waals surface area (Å²) < 4.78 is 35.4. The molecule has 2 aromatic carbocycles. The molecule has 0 aliphatic carbocycles. The van der Waals surface area contributed by atoms with Crippen molar-refractivity contribution in [2.75, 3.05) is 28.2 Å². The molecule has 4 nitrogen and oxygen atoms in total. The second-order valence-electron chi connectivity index (χ2n) is 5.43. The molecule has 0 saturated carbocycles. The smallest absolute Gasteiger partial charge is 0.264 e. The first kappa shape index (κ1) is 21.7. The number of halogens is 2. The summed E-state index contributed by atoms with van der Waals surface area (Å²) in [6.07, 6.45) is 0. The van der Waals surface area contributed by atoms with Crippen LogP contribution in [0.2, 0.25) is 0 Å². The Balaban J connectivity index is 0.000000260. The van der Waals surface area contributed by atoms with Gasteiger partial charge in [0.1, 0.15) is 23.1 Å². The molecule has 0 amide bonds. The van der Waals surface area contributed by atoms with Gasteiger partial charge in [-0.25, -0.2) is 8.78 Å². The number of thiocarbonyl (C=S) groups is 2. The highest BCUT2D eigenvalue weighted by atomic mass is 32.1. The molecule has 0 heterocycles. The Morgan fingerprint density at radius 3 is 1.15 bits per heavy atom. The second-order valence-corrected chi connectivity index (χ2v) is 6.13. The minimum absolute atomic E-state index is 0.289. The van der Waals surface area contributed by atoms with Gasteiger partial charge in [-0.15, -0.1) is 0 Å². The van der Waals surface area contributed by atoms with Crippen LogP contribution in [0, 0.1) is 11.6 Å². The van der Waals surface area contributed by atoms with Crippen LogP contribution in [0.15, 0.2) is 48.5 Å². The molecule has 0 aromatic heterocycles.